The molecule has 1 aromatic heterocycles. The molecule has 6 heteroatoms. The summed E-state index contributed by atoms with van der Waals surface area (Å²) in [6.45, 7) is 5.94. The van der Waals surface area contributed by atoms with Crippen LogP contribution in [0.1, 0.15) is 37.7 Å². The van der Waals surface area contributed by atoms with Crippen molar-refractivity contribution in [2.45, 2.75) is 45.1 Å². The molecule has 1 saturated heterocycles. The van der Waals surface area contributed by atoms with E-state index in [1.54, 1.807) is 6.20 Å². The van der Waals surface area contributed by atoms with E-state index in [-0.39, 0.29) is 0 Å². The summed E-state index contributed by atoms with van der Waals surface area (Å²) in [5, 5.41) is 12.0. The van der Waals surface area contributed by atoms with Crippen LogP contribution in [0.25, 0.3) is 0 Å². The molecular formula is C20H28N6. The molecule has 2 fully saturated rings. The number of nitrogens with zero attached hydrogens (tertiary/aromatic N) is 5. The highest BCUT2D eigenvalue weighted by atomic mass is 15.4. The van der Waals surface area contributed by atoms with E-state index >= 15 is 0 Å². The van der Waals surface area contributed by atoms with Crippen molar-refractivity contribution < 1.29 is 0 Å². The number of aryl methyl sites for hydroxylation is 1. The molecule has 4 rings (SSSR count). The molecule has 0 atom stereocenters. The van der Waals surface area contributed by atoms with E-state index in [1.165, 1.54) is 43.4 Å². The van der Waals surface area contributed by atoms with Crippen LogP contribution in [0.2, 0.25) is 0 Å². The predicted octanol–water partition coefficient (Wildman–Crippen LogP) is 3.25. The first kappa shape index (κ1) is 17.1. The van der Waals surface area contributed by atoms with Crippen molar-refractivity contribution in [2.24, 2.45) is 0 Å². The SMILES string of the molecule is Cc1cccc(N2CCN(c3nncc(NC4CCCCC4)n3)CC2)c1. The molecule has 1 N–H and O–H groups in total. The zero-order valence-electron chi connectivity index (χ0n) is 15.6. The molecule has 0 amide bonds. The van der Waals surface area contributed by atoms with Crippen LogP contribution in [0, 0.1) is 6.92 Å². The van der Waals surface area contributed by atoms with Gasteiger partial charge in [-0.05, 0) is 37.5 Å². The number of aromatic nitrogens is 3. The molecule has 0 unspecified atom stereocenters. The van der Waals surface area contributed by atoms with E-state index in [0.29, 0.717) is 6.04 Å². The molecule has 1 aromatic carbocycles. The summed E-state index contributed by atoms with van der Waals surface area (Å²) in [4.78, 5) is 9.40. The van der Waals surface area contributed by atoms with Crippen molar-refractivity contribution in [3.63, 3.8) is 0 Å². The van der Waals surface area contributed by atoms with Crippen LogP contribution >= 0.6 is 0 Å². The Labute approximate surface area is 155 Å². The summed E-state index contributed by atoms with van der Waals surface area (Å²) in [5.74, 6) is 1.61. The zero-order chi connectivity index (χ0) is 17.8. The average Bonchev–Trinajstić information content (AvgIpc) is 2.69. The maximum atomic E-state index is 4.73. The van der Waals surface area contributed by atoms with Crippen LogP contribution < -0.4 is 15.1 Å². The van der Waals surface area contributed by atoms with Crippen LogP contribution in [0.3, 0.4) is 0 Å². The number of hydrogen-bond donors (Lipinski definition) is 1. The first-order valence-electron chi connectivity index (χ1n) is 9.81. The van der Waals surface area contributed by atoms with Gasteiger partial charge in [-0.2, -0.15) is 10.1 Å². The Morgan fingerprint density at radius 2 is 1.77 bits per heavy atom. The third-order valence-corrected chi connectivity index (χ3v) is 5.43. The lowest BCUT2D eigenvalue weighted by Gasteiger charge is -2.36. The van der Waals surface area contributed by atoms with Crippen molar-refractivity contribution in [3.05, 3.63) is 36.0 Å². The Morgan fingerprint density at radius 3 is 2.54 bits per heavy atom. The molecule has 2 aromatic rings. The molecule has 2 heterocycles. The molecule has 0 radical (unpaired) electrons. The van der Waals surface area contributed by atoms with E-state index in [4.69, 9.17) is 4.98 Å². The highest BCUT2D eigenvalue weighted by Gasteiger charge is 2.20. The van der Waals surface area contributed by atoms with Gasteiger partial charge in [0.05, 0.1) is 6.20 Å². The zero-order valence-corrected chi connectivity index (χ0v) is 15.6. The third-order valence-electron chi connectivity index (χ3n) is 5.43. The fourth-order valence-electron chi connectivity index (χ4n) is 3.94. The van der Waals surface area contributed by atoms with Gasteiger partial charge in [0.2, 0.25) is 5.95 Å². The molecule has 0 bridgehead atoms. The van der Waals surface area contributed by atoms with E-state index in [0.717, 1.165) is 37.9 Å². The van der Waals surface area contributed by atoms with Crippen molar-refractivity contribution in [3.8, 4) is 0 Å². The van der Waals surface area contributed by atoms with Gasteiger partial charge in [-0.25, -0.2) is 0 Å². The minimum absolute atomic E-state index is 0.534. The number of nitrogens with one attached hydrogen (secondary N) is 1. The van der Waals surface area contributed by atoms with Crippen LogP contribution in [-0.4, -0.2) is 47.4 Å². The summed E-state index contributed by atoms with van der Waals surface area (Å²) >= 11 is 0. The van der Waals surface area contributed by atoms with E-state index in [9.17, 15) is 0 Å². The van der Waals surface area contributed by atoms with Gasteiger partial charge < -0.3 is 15.1 Å². The summed E-state index contributed by atoms with van der Waals surface area (Å²) in [6.07, 6.45) is 8.19. The fraction of sp³-hybridized carbons (Fsp3) is 0.550. The lowest BCUT2D eigenvalue weighted by molar-refractivity contribution is 0.461. The van der Waals surface area contributed by atoms with Crippen LogP contribution in [0.5, 0.6) is 0 Å². The maximum absolute atomic E-state index is 4.73. The third kappa shape index (κ3) is 4.06. The number of hydrogen-bond acceptors (Lipinski definition) is 6. The highest BCUT2D eigenvalue weighted by Crippen LogP contribution is 2.22. The topological polar surface area (TPSA) is 57.2 Å². The first-order valence-corrected chi connectivity index (χ1v) is 9.81. The molecule has 0 spiro atoms. The van der Waals surface area contributed by atoms with Crippen LogP contribution in [0.4, 0.5) is 17.5 Å². The predicted molar refractivity (Wildman–Crippen MR) is 106 cm³/mol. The number of rotatable bonds is 4. The molecule has 1 saturated carbocycles. The van der Waals surface area contributed by atoms with Crippen molar-refractivity contribution in [1.29, 1.82) is 0 Å². The minimum atomic E-state index is 0.534. The summed E-state index contributed by atoms with van der Waals surface area (Å²) in [5.41, 5.74) is 2.61. The lowest BCUT2D eigenvalue weighted by Crippen LogP contribution is -2.47. The van der Waals surface area contributed by atoms with E-state index in [1.807, 2.05) is 0 Å². The number of anilines is 3. The fourth-order valence-corrected chi connectivity index (χ4v) is 3.94. The number of benzene rings is 1. The minimum Gasteiger partial charge on any atom is -0.368 e. The Kier molecular flexibility index (Phi) is 5.18. The van der Waals surface area contributed by atoms with E-state index < -0.39 is 0 Å². The van der Waals surface area contributed by atoms with Gasteiger partial charge in [0.25, 0.3) is 0 Å². The second-order valence-electron chi connectivity index (χ2n) is 7.43. The molecule has 1 aliphatic carbocycles. The van der Waals surface area contributed by atoms with Gasteiger partial charge in [0, 0.05) is 37.9 Å². The largest absolute Gasteiger partial charge is 0.368 e. The molecule has 26 heavy (non-hydrogen) atoms. The smallest absolute Gasteiger partial charge is 0.247 e. The summed E-state index contributed by atoms with van der Waals surface area (Å²) < 4.78 is 0. The Bertz CT molecular complexity index is 720. The van der Waals surface area contributed by atoms with Crippen molar-refractivity contribution in [1.82, 2.24) is 15.2 Å². The number of piperazine rings is 1. The Balaban J connectivity index is 1.37. The van der Waals surface area contributed by atoms with Gasteiger partial charge in [0.1, 0.15) is 0 Å². The quantitative estimate of drug-likeness (QED) is 0.911. The highest BCUT2D eigenvalue weighted by molar-refractivity contribution is 5.50. The van der Waals surface area contributed by atoms with Crippen molar-refractivity contribution in [2.75, 3.05) is 41.3 Å². The molecular weight excluding hydrogens is 324 g/mol. The van der Waals surface area contributed by atoms with Gasteiger partial charge in [-0.15, -0.1) is 5.10 Å². The Morgan fingerprint density at radius 1 is 1.00 bits per heavy atom. The summed E-state index contributed by atoms with van der Waals surface area (Å²) in [6, 6.07) is 9.25. The molecule has 2 aliphatic rings. The standard InChI is InChI=1S/C20H28N6/c1-16-6-5-9-18(14-16)25-10-12-26(13-11-25)20-23-19(15-21-24-20)22-17-7-3-2-4-8-17/h5-6,9,14-15,17H,2-4,7-8,10-13H2,1H3,(H,22,23,24). The first-order chi connectivity index (χ1) is 12.8. The van der Waals surface area contributed by atoms with Gasteiger partial charge in [-0.1, -0.05) is 31.4 Å². The maximum Gasteiger partial charge on any atom is 0.247 e. The van der Waals surface area contributed by atoms with E-state index in [2.05, 4.69) is 56.5 Å². The molecule has 1 aliphatic heterocycles. The monoisotopic (exact) mass is 352 g/mol. The average molecular weight is 352 g/mol. The van der Waals surface area contributed by atoms with Gasteiger partial charge in [0.15, 0.2) is 5.82 Å². The second-order valence-corrected chi connectivity index (χ2v) is 7.43. The molecule has 138 valence electrons. The normalized spacial score (nSPS) is 18.8. The van der Waals surface area contributed by atoms with Gasteiger partial charge in [-0.3, -0.25) is 0 Å². The Hall–Kier alpha value is -2.37. The summed E-state index contributed by atoms with van der Waals surface area (Å²) in [7, 11) is 0. The van der Waals surface area contributed by atoms with Crippen LogP contribution in [-0.2, 0) is 0 Å². The molecule has 6 nitrogen and oxygen atoms in total. The van der Waals surface area contributed by atoms with Gasteiger partial charge >= 0.3 is 0 Å². The second kappa shape index (κ2) is 7.89. The van der Waals surface area contributed by atoms with Crippen molar-refractivity contribution >= 4 is 17.5 Å². The lowest BCUT2D eigenvalue weighted by atomic mass is 9.96. The van der Waals surface area contributed by atoms with Crippen LogP contribution in [0.15, 0.2) is 30.5 Å².